The molecule has 0 unspecified atom stereocenters. The average molecular weight is 616 g/mol. The van der Waals surface area contributed by atoms with E-state index >= 15 is 0 Å². The van der Waals surface area contributed by atoms with Crippen molar-refractivity contribution in [2.45, 2.75) is 87.0 Å². The van der Waals surface area contributed by atoms with Crippen LogP contribution in [-0.4, -0.2) is 67.1 Å². The molecular weight excluding hydrogens is 554 g/mol. The van der Waals surface area contributed by atoms with Gasteiger partial charge in [-0.2, -0.15) is 0 Å². The van der Waals surface area contributed by atoms with Crippen LogP contribution in [0, 0.1) is 11.3 Å². The van der Waals surface area contributed by atoms with Gasteiger partial charge in [0.15, 0.2) is 5.84 Å². The van der Waals surface area contributed by atoms with Gasteiger partial charge in [-0.3, -0.25) is 0 Å². The number of anilines is 1. The van der Waals surface area contributed by atoms with Crippen LogP contribution in [0.1, 0.15) is 98.1 Å². The summed E-state index contributed by atoms with van der Waals surface area (Å²) in [6.45, 7) is 32.1. The molecule has 2 fully saturated rings. The van der Waals surface area contributed by atoms with E-state index in [9.17, 15) is 4.79 Å². The highest BCUT2D eigenvalue weighted by Crippen LogP contribution is 2.35. The lowest BCUT2D eigenvalue weighted by atomic mass is 9.93. The molecule has 2 saturated heterocycles. The predicted molar refractivity (Wildman–Crippen MR) is 197 cm³/mol. The molecule has 0 amide bonds. The zero-order chi connectivity index (χ0) is 33.7. The summed E-state index contributed by atoms with van der Waals surface area (Å²) in [5, 5.41) is 3.27. The largest absolute Gasteiger partial charge is 0.388 e. The van der Waals surface area contributed by atoms with Gasteiger partial charge in [0.2, 0.25) is 0 Å². The summed E-state index contributed by atoms with van der Waals surface area (Å²) < 4.78 is 0. The van der Waals surface area contributed by atoms with Gasteiger partial charge in [-0.05, 0) is 96.0 Å². The Balaban J connectivity index is 0.000000384. The lowest BCUT2D eigenvalue weighted by Gasteiger charge is -2.38. The van der Waals surface area contributed by atoms with E-state index < -0.39 is 0 Å². The number of piperidine rings is 2. The molecular formula is C39H61N5O. The number of carbonyl (C=O) groups excluding carboxylic acids is 1. The first-order valence-electron chi connectivity index (χ1n) is 16.7. The lowest BCUT2D eigenvalue weighted by Crippen LogP contribution is -2.41. The Labute approximate surface area is 275 Å². The number of likely N-dealkylation sites (tertiary alicyclic amines) is 2. The molecule has 0 atom stereocenters. The Morgan fingerprint density at radius 2 is 1.69 bits per heavy atom. The maximum Gasteiger partial charge on any atom is 0.153 e. The fraction of sp³-hybridized carbons (Fsp3) is 0.538. The van der Waals surface area contributed by atoms with Crippen molar-refractivity contribution in [2.75, 3.05) is 45.6 Å². The van der Waals surface area contributed by atoms with Gasteiger partial charge in [0.25, 0.3) is 0 Å². The number of hydrogen-bond acceptors (Lipinski definition) is 6. The van der Waals surface area contributed by atoms with Crippen LogP contribution in [0.25, 0.3) is 11.8 Å². The molecule has 6 heteroatoms. The molecule has 6 nitrogen and oxygen atoms in total. The molecule has 4 rings (SSSR count). The fourth-order valence-corrected chi connectivity index (χ4v) is 5.69. The molecule has 3 aliphatic rings. The van der Waals surface area contributed by atoms with Crippen molar-refractivity contribution in [3.8, 4) is 0 Å². The van der Waals surface area contributed by atoms with Crippen molar-refractivity contribution < 1.29 is 4.79 Å². The number of hydrogen-bond donors (Lipinski definition) is 1. The monoisotopic (exact) mass is 615 g/mol. The number of benzene rings is 1. The lowest BCUT2D eigenvalue weighted by molar-refractivity contribution is -0.109. The summed E-state index contributed by atoms with van der Waals surface area (Å²) in [6.07, 6.45) is 12.1. The molecule has 0 bridgehead atoms. The van der Waals surface area contributed by atoms with Crippen LogP contribution >= 0.6 is 0 Å². The molecule has 0 spiro atoms. The molecule has 0 radical (unpaired) electrons. The number of aldehydes is 1. The second-order valence-electron chi connectivity index (χ2n) is 14.1. The number of amidine groups is 1. The summed E-state index contributed by atoms with van der Waals surface area (Å²) in [4.78, 5) is 21.9. The van der Waals surface area contributed by atoms with E-state index in [0.717, 1.165) is 70.6 Å². The first-order valence-corrected chi connectivity index (χ1v) is 16.7. The highest BCUT2D eigenvalue weighted by atomic mass is 16.1. The van der Waals surface area contributed by atoms with Gasteiger partial charge in [-0.15, -0.1) is 0 Å². The molecule has 1 aromatic carbocycles. The van der Waals surface area contributed by atoms with E-state index in [2.05, 4.69) is 92.0 Å². The van der Waals surface area contributed by atoms with Crippen LogP contribution in [-0.2, 0) is 4.79 Å². The number of rotatable bonds is 6. The molecule has 45 heavy (non-hydrogen) atoms. The maximum atomic E-state index is 9.82. The van der Waals surface area contributed by atoms with Gasteiger partial charge >= 0.3 is 0 Å². The third kappa shape index (κ3) is 11.5. The van der Waals surface area contributed by atoms with Gasteiger partial charge < -0.3 is 24.8 Å². The minimum atomic E-state index is 0.182. The molecule has 248 valence electrons. The van der Waals surface area contributed by atoms with Crippen molar-refractivity contribution in [1.29, 1.82) is 0 Å². The second-order valence-corrected chi connectivity index (χ2v) is 14.1. The second kappa shape index (κ2) is 17.9. The first-order chi connectivity index (χ1) is 21.2. The third-order valence-corrected chi connectivity index (χ3v) is 8.36. The minimum absolute atomic E-state index is 0.182. The number of nitrogens with zero attached hydrogens (tertiary/aromatic N) is 4. The summed E-state index contributed by atoms with van der Waals surface area (Å²) >= 11 is 0. The zero-order valence-electron chi connectivity index (χ0n) is 29.9. The van der Waals surface area contributed by atoms with Crippen molar-refractivity contribution in [3.63, 3.8) is 0 Å². The summed E-state index contributed by atoms with van der Waals surface area (Å²) in [5.74, 6) is 1.93. The van der Waals surface area contributed by atoms with Crippen LogP contribution < -0.4 is 5.32 Å². The van der Waals surface area contributed by atoms with Crippen LogP contribution in [0.5, 0.6) is 0 Å². The Morgan fingerprint density at radius 1 is 1.07 bits per heavy atom. The van der Waals surface area contributed by atoms with Crippen LogP contribution in [0.2, 0.25) is 0 Å². The molecule has 1 aromatic rings. The standard InChI is InChI=1S/C26H34N4.C7H15N.C6H12O/c1-8-21-22(13-12-14-23(21)27-7)24-17-30(25(18(2)3)19(4)5)20(6)26(28-24)29-15-10-9-11-16-29;1-7-3-5-8(2)6-4-7;1-6(2,3)4-5-7/h8,12-14,17,27H,1-2,6,9-11,15-16H2,3-5,7H3;7H,3-6H2,1-2H3;5H,4H2,1-3H3. The van der Waals surface area contributed by atoms with E-state index in [4.69, 9.17) is 4.99 Å². The number of carbonyl (C=O) groups is 1. The SMILES string of the molecule is C=Cc1c(NC)cccc1C1=CN(C(C(=C)C)=C(C)C)C(=C)C(N2CCCCC2)=N1.CC(C)(C)CC=O.CC1CCN(C)CC1. The summed E-state index contributed by atoms with van der Waals surface area (Å²) in [5.41, 5.74) is 8.45. The van der Waals surface area contributed by atoms with Crippen LogP contribution in [0.4, 0.5) is 5.69 Å². The van der Waals surface area contributed by atoms with E-state index in [1.807, 2.05) is 40.8 Å². The van der Waals surface area contributed by atoms with E-state index in [1.54, 1.807) is 0 Å². The Morgan fingerprint density at radius 3 is 2.13 bits per heavy atom. The Bertz CT molecular complexity index is 1250. The van der Waals surface area contributed by atoms with Gasteiger partial charge in [0, 0.05) is 55.3 Å². The van der Waals surface area contributed by atoms with Crippen molar-refractivity contribution >= 4 is 29.6 Å². The third-order valence-electron chi connectivity index (χ3n) is 8.36. The maximum absolute atomic E-state index is 9.82. The Hall–Kier alpha value is -3.38. The average Bonchev–Trinajstić information content (AvgIpc) is 2.99. The molecule has 1 N–H and O–H groups in total. The van der Waals surface area contributed by atoms with Crippen LogP contribution in [0.15, 0.2) is 71.7 Å². The zero-order valence-corrected chi connectivity index (χ0v) is 29.9. The molecule has 3 heterocycles. The summed E-state index contributed by atoms with van der Waals surface area (Å²) in [6, 6.07) is 6.22. The highest BCUT2D eigenvalue weighted by Gasteiger charge is 2.28. The van der Waals surface area contributed by atoms with Gasteiger partial charge in [-0.25, -0.2) is 4.99 Å². The first kappa shape index (κ1) is 37.8. The van der Waals surface area contributed by atoms with Gasteiger partial charge in [-0.1, -0.05) is 71.2 Å². The number of allylic oxidation sites excluding steroid dienone is 2. The highest BCUT2D eigenvalue weighted by molar-refractivity contribution is 6.03. The topological polar surface area (TPSA) is 51.2 Å². The van der Waals surface area contributed by atoms with Crippen LogP contribution in [0.3, 0.4) is 0 Å². The van der Waals surface area contributed by atoms with Gasteiger partial charge in [0.1, 0.15) is 6.29 Å². The van der Waals surface area contributed by atoms with Crippen molar-refractivity contribution in [2.24, 2.45) is 16.3 Å². The summed E-state index contributed by atoms with van der Waals surface area (Å²) in [7, 11) is 4.13. The van der Waals surface area contributed by atoms with Crippen molar-refractivity contribution in [1.82, 2.24) is 14.7 Å². The normalized spacial score (nSPS) is 17.5. The quantitative estimate of drug-likeness (QED) is 0.255. The van der Waals surface area contributed by atoms with Crippen molar-refractivity contribution in [3.05, 3.63) is 77.8 Å². The fourth-order valence-electron chi connectivity index (χ4n) is 5.69. The van der Waals surface area contributed by atoms with E-state index in [1.165, 1.54) is 50.8 Å². The van der Waals surface area contributed by atoms with Gasteiger partial charge in [0.05, 0.1) is 11.4 Å². The molecule has 3 aliphatic heterocycles. The number of nitrogens with one attached hydrogen (secondary N) is 1. The minimum Gasteiger partial charge on any atom is -0.388 e. The van der Waals surface area contributed by atoms with E-state index in [-0.39, 0.29) is 5.41 Å². The smallest absolute Gasteiger partial charge is 0.153 e. The molecule has 0 aromatic heterocycles. The number of aliphatic imine (C=N–C) groups is 1. The molecule has 0 saturated carbocycles. The Kier molecular flexibility index (Phi) is 15.1. The van der Waals surface area contributed by atoms with E-state index in [0.29, 0.717) is 6.42 Å². The molecule has 0 aliphatic carbocycles. The predicted octanol–water partition coefficient (Wildman–Crippen LogP) is 9.22.